The van der Waals surface area contributed by atoms with E-state index in [1.165, 1.54) is 25.4 Å². The fourth-order valence-corrected chi connectivity index (χ4v) is 1.13. The van der Waals surface area contributed by atoms with Gasteiger partial charge in [-0.1, -0.05) is 0 Å². The lowest BCUT2D eigenvalue weighted by Gasteiger charge is -2.16. The number of carboxylic acid groups (broad SMARTS) is 1. The summed E-state index contributed by atoms with van der Waals surface area (Å²) >= 11 is 0. The topological polar surface area (TPSA) is 96.4 Å². The van der Waals surface area contributed by atoms with Crippen LogP contribution in [-0.4, -0.2) is 27.3 Å². The lowest BCUT2D eigenvalue weighted by molar-refractivity contribution is 0.0693. The van der Waals surface area contributed by atoms with Crippen molar-refractivity contribution in [2.45, 2.75) is 19.1 Å². The summed E-state index contributed by atoms with van der Waals surface area (Å²) in [6.45, 7) is 1.50. The Balaban J connectivity index is 3.13. The molecule has 0 spiro atoms. The molecule has 0 aliphatic carbocycles. The predicted molar refractivity (Wildman–Crippen MR) is 49.8 cm³/mol. The summed E-state index contributed by atoms with van der Waals surface area (Å²) in [7, 11) is 0. The van der Waals surface area contributed by atoms with Crippen LogP contribution in [0.1, 0.15) is 28.9 Å². The molecule has 0 saturated heterocycles. The van der Waals surface area contributed by atoms with Crippen LogP contribution in [0.5, 0.6) is 0 Å². The number of hydrogen-bond acceptors (Lipinski definition) is 4. The monoisotopic (exact) mass is 196 g/mol. The van der Waals surface area contributed by atoms with Crippen molar-refractivity contribution in [3.63, 3.8) is 0 Å². The number of hydrogen-bond donors (Lipinski definition) is 3. The highest BCUT2D eigenvalue weighted by molar-refractivity contribution is 5.89. The van der Waals surface area contributed by atoms with Gasteiger partial charge in [0.2, 0.25) is 0 Å². The molecular weight excluding hydrogens is 184 g/mol. The Hall–Kier alpha value is -1.46. The largest absolute Gasteiger partial charge is 0.478 e. The van der Waals surface area contributed by atoms with E-state index in [9.17, 15) is 9.90 Å². The molecule has 76 valence electrons. The van der Waals surface area contributed by atoms with Crippen molar-refractivity contribution in [1.29, 1.82) is 0 Å². The van der Waals surface area contributed by atoms with E-state index in [-0.39, 0.29) is 5.56 Å². The van der Waals surface area contributed by atoms with E-state index in [1.807, 2.05) is 0 Å². The van der Waals surface area contributed by atoms with Gasteiger partial charge in [0, 0.05) is 18.0 Å². The van der Waals surface area contributed by atoms with Crippen molar-refractivity contribution in [1.82, 2.24) is 4.98 Å². The first-order valence-corrected chi connectivity index (χ1v) is 4.15. The Labute approximate surface area is 81.2 Å². The molecule has 1 aromatic heterocycles. The van der Waals surface area contributed by atoms with Gasteiger partial charge in [0.15, 0.2) is 0 Å². The molecule has 4 N–H and O–H groups in total. The minimum Gasteiger partial charge on any atom is -0.478 e. The molecule has 1 rings (SSSR count). The van der Waals surface area contributed by atoms with Crippen LogP contribution in [0.4, 0.5) is 0 Å². The number of aromatic carboxylic acids is 1. The van der Waals surface area contributed by atoms with E-state index in [0.29, 0.717) is 5.56 Å². The van der Waals surface area contributed by atoms with Crippen LogP contribution >= 0.6 is 0 Å². The second-order valence-corrected chi connectivity index (χ2v) is 3.03. The normalized spacial score (nSPS) is 14.8. The number of aliphatic hydroxyl groups excluding tert-OH is 1. The molecule has 0 unspecified atom stereocenters. The number of aliphatic hydroxyl groups is 1. The Morgan fingerprint density at radius 3 is 2.79 bits per heavy atom. The highest BCUT2D eigenvalue weighted by Crippen LogP contribution is 2.17. The average molecular weight is 196 g/mol. The minimum absolute atomic E-state index is 0.0772. The molecule has 0 aromatic carbocycles. The van der Waals surface area contributed by atoms with Gasteiger partial charge in [-0.3, -0.25) is 4.98 Å². The van der Waals surface area contributed by atoms with E-state index in [1.54, 1.807) is 0 Å². The molecule has 0 aliphatic heterocycles. The molecule has 14 heavy (non-hydrogen) atoms. The number of carbonyl (C=O) groups is 1. The van der Waals surface area contributed by atoms with E-state index in [0.717, 1.165) is 0 Å². The van der Waals surface area contributed by atoms with Gasteiger partial charge in [0.05, 0.1) is 17.7 Å². The lowest BCUT2D eigenvalue weighted by Crippen LogP contribution is -2.25. The van der Waals surface area contributed by atoms with Crippen LogP contribution in [0.25, 0.3) is 0 Å². The first-order valence-electron chi connectivity index (χ1n) is 4.15. The van der Waals surface area contributed by atoms with Crippen LogP contribution < -0.4 is 5.73 Å². The lowest BCUT2D eigenvalue weighted by atomic mass is 10.0. The van der Waals surface area contributed by atoms with E-state index in [4.69, 9.17) is 10.8 Å². The first kappa shape index (κ1) is 10.6. The van der Waals surface area contributed by atoms with Gasteiger partial charge in [-0.15, -0.1) is 0 Å². The van der Waals surface area contributed by atoms with Crippen molar-refractivity contribution >= 4 is 5.97 Å². The van der Waals surface area contributed by atoms with Crippen LogP contribution in [0.15, 0.2) is 18.5 Å². The molecule has 1 heterocycles. The second kappa shape index (κ2) is 4.17. The molecule has 0 amide bonds. The van der Waals surface area contributed by atoms with Crippen molar-refractivity contribution in [3.8, 4) is 0 Å². The molecule has 0 fully saturated rings. The SMILES string of the molecule is C[C@@H](O)[C@@H](N)c1cnccc1C(=O)O. The molecule has 5 nitrogen and oxygen atoms in total. The number of carboxylic acids is 1. The van der Waals surface area contributed by atoms with E-state index >= 15 is 0 Å². The number of rotatable bonds is 3. The maximum atomic E-state index is 10.8. The second-order valence-electron chi connectivity index (χ2n) is 3.03. The van der Waals surface area contributed by atoms with Gasteiger partial charge in [0.25, 0.3) is 0 Å². The summed E-state index contributed by atoms with van der Waals surface area (Å²) in [6, 6.07) is 0.634. The zero-order valence-electron chi connectivity index (χ0n) is 7.71. The van der Waals surface area contributed by atoms with Crippen molar-refractivity contribution in [3.05, 3.63) is 29.6 Å². The number of nitrogens with zero attached hydrogens (tertiary/aromatic N) is 1. The van der Waals surface area contributed by atoms with E-state index < -0.39 is 18.1 Å². The highest BCUT2D eigenvalue weighted by atomic mass is 16.4. The smallest absolute Gasteiger partial charge is 0.336 e. The third kappa shape index (κ3) is 2.07. The van der Waals surface area contributed by atoms with Gasteiger partial charge in [-0.2, -0.15) is 0 Å². The fourth-order valence-electron chi connectivity index (χ4n) is 1.13. The fraction of sp³-hybridized carbons (Fsp3) is 0.333. The summed E-state index contributed by atoms with van der Waals surface area (Å²) in [5.41, 5.74) is 6.04. The molecule has 0 bridgehead atoms. The van der Waals surface area contributed by atoms with Gasteiger partial charge < -0.3 is 15.9 Å². The highest BCUT2D eigenvalue weighted by Gasteiger charge is 2.19. The quantitative estimate of drug-likeness (QED) is 0.639. The summed E-state index contributed by atoms with van der Waals surface area (Å²) in [5.74, 6) is -1.07. The third-order valence-corrected chi connectivity index (χ3v) is 1.96. The third-order valence-electron chi connectivity index (χ3n) is 1.96. The number of aromatic nitrogens is 1. The summed E-state index contributed by atoms with van der Waals surface area (Å²) in [4.78, 5) is 14.6. The average Bonchev–Trinajstić information content (AvgIpc) is 2.16. The minimum atomic E-state index is -1.07. The zero-order chi connectivity index (χ0) is 10.7. The van der Waals surface area contributed by atoms with Gasteiger partial charge in [-0.05, 0) is 13.0 Å². The summed E-state index contributed by atoms with van der Waals surface area (Å²) in [6.07, 6.45) is 1.93. The predicted octanol–water partition coefficient (Wildman–Crippen LogP) is 0.160. The maximum Gasteiger partial charge on any atom is 0.336 e. The molecule has 2 atom stereocenters. The van der Waals surface area contributed by atoms with Crippen LogP contribution in [0.2, 0.25) is 0 Å². The summed E-state index contributed by atoms with van der Waals surface area (Å²) in [5, 5.41) is 18.1. The van der Waals surface area contributed by atoms with Crippen LogP contribution in [0, 0.1) is 0 Å². The van der Waals surface area contributed by atoms with Crippen molar-refractivity contribution in [2.75, 3.05) is 0 Å². The molecule has 0 saturated carbocycles. The van der Waals surface area contributed by atoms with Crippen molar-refractivity contribution < 1.29 is 15.0 Å². The van der Waals surface area contributed by atoms with Crippen LogP contribution in [0.3, 0.4) is 0 Å². The summed E-state index contributed by atoms with van der Waals surface area (Å²) < 4.78 is 0. The first-order chi connectivity index (χ1) is 6.54. The van der Waals surface area contributed by atoms with E-state index in [2.05, 4.69) is 4.98 Å². The maximum absolute atomic E-state index is 10.8. The Morgan fingerprint density at radius 1 is 1.64 bits per heavy atom. The van der Waals surface area contributed by atoms with Gasteiger partial charge in [-0.25, -0.2) is 4.79 Å². The number of nitrogens with two attached hydrogens (primary N) is 1. The number of pyridine rings is 1. The van der Waals surface area contributed by atoms with Gasteiger partial charge in [0.1, 0.15) is 0 Å². The molecule has 0 radical (unpaired) electrons. The Kier molecular flexibility index (Phi) is 3.16. The van der Waals surface area contributed by atoms with Crippen LogP contribution in [-0.2, 0) is 0 Å². The van der Waals surface area contributed by atoms with Gasteiger partial charge >= 0.3 is 5.97 Å². The molecule has 5 heteroatoms. The standard InChI is InChI=1S/C9H12N2O3/c1-5(12)8(10)7-4-11-3-2-6(7)9(13)14/h2-5,8,12H,10H2,1H3,(H,13,14)/t5-,8-/m1/s1. The molecular formula is C9H12N2O3. The Morgan fingerprint density at radius 2 is 2.29 bits per heavy atom. The molecule has 0 aliphatic rings. The van der Waals surface area contributed by atoms with Crippen molar-refractivity contribution in [2.24, 2.45) is 5.73 Å². The zero-order valence-corrected chi connectivity index (χ0v) is 7.71. The molecule has 1 aromatic rings. The Bertz CT molecular complexity index is 339.